The number of rotatable bonds is 5. The molecule has 0 spiro atoms. The van der Waals surface area contributed by atoms with E-state index in [4.69, 9.17) is 5.73 Å². The fourth-order valence-electron chi connectivity index (χ4n) is 2.42. The number of thioether (sulfide) groups is 1. The first-order valence-electron chi connectivity index (χ1n) is 8.17. The van der Waals surface area contributed by atoms with Crippen LogP contribution in [-0.2, 0) is 11.2 Å². The molecule has 3 N–H and O–H groups in total. The number of carbonyl (C=O) groups is 1. The van der Waals surface area contributed by atoms with Crippen LogP contribution < -0.4 is 11.1 Å². The minimum atomic E-state index is 0. The van der Waals surface area contributed by atoms with Gasteiger partial charge in [-0.3, -0.25) is 4.79 Å². The fourth-order valence-corrected chi connectivity index (χ4v) is 3.50. The smallest absolute Gasteiger partial charge is 0.224 e. The molecule has 0 unspecified atom stereocenters. The first-order chi connectivity index (χ1) is 11.2. The number of hydrogen-bond donors (Lipinski definition) is 2. The number of nitrogens with two attached hydrogens (primary N) is 1. The van der Waals surface area contributed by atoms with Crippen molar-refractivity contribution in [3.05, 3.63) is 53.6 Å². The number of para-hydroxylation sites is 1. The molecule has 0 bridgehead atoms. The summed E-state index contributed by atoms with van der Waals surface area (Å²) in [5.74, 6) is 0.0116. The van der Waals surface area contributed by atoms with Crippen LogP contribution in [0.2, 0.25) is 0 Å². The van der Waals surface area contributed by atoms with Gasteiger partial charge in [0.05, 0.1) is 0 Å². The third-order valence-corrected chi connectivity index (χ3v) is 4.67. The lowest BCUT2D eigenvalue weighted by Gasteiger charge is -2.18. The topological polar surface area (TPSA) is 55.1 Å². The molecule has 0 heterocycles. The zero-order valence-corrected chi connectivity index (χ0v) is 16.9. The molecular weight excluding hydrogens is 352 g/mol. The van der Waals surface area contributed by atoms with Crippen LogP contribution in [0.25, 0.3) is 0 Å². The molecular formula is C20H27ClN2OS. The molecule has 1 amide bonds. The van der Waals surface area contributed by atoms with Gasteiger partial charge in [-0.05, 0) is 48.7 Å². The Bertz CT molecular complexity index is 726. The van der Waals surface area contributed by atoms with Gasteiger partial charge in [0.15, 0.2) is 0 Å². The van der Waals surface area contributed by atoms with Crippen LogP contribution in [-0.4, -0.2) is 10.7 Å². The maximum Gasteiger partial charge on any atom is 0.224 e. The van der Waals surface area contributed by atoms with Crippen LogP contribution in [0, 0.1) is 6.92 Å². The lowest BCUT2D eigenvalue weighted by atomic mass is 10.1. The van der Waals surface area contributed by atoms with Gasteiger partial charge >= 0.3 is 0 Å². The molecule has 0 saturated heterocycles. The van der Waals surface area contributed by atoms with E-state index >= 15 is 0 Å². The van der Waals surface area contributed by atoms with Gasteiger partial charge in [0.2, 0.25) is 5.91 Å². The van der Waals surface area contributed by atoms with Gasteiger partial charge in [-0.2, -0.15) is 0 Å². The van der Waals surface area contributed by atoms with Gasteiger partial charge in [-0.15, -0.1) is 24.2 Å². The second kappa shape index (κ2) is 9.16. The van der Waals surface area contributed by atoms with Crippen LogP contribution in [0.4, 0.5) is 11.4 Å². The summed E-state index contributed by atoms with van der Waals surface area (Å²) in [5.41, 5.74) is 9.63. The van der Waals surface area contributed by atoms with Crippen molar-refractivity contribution in [2.45, 2.75) is 50.2 Å². The molecule has 136 valence electrons. The minimum Gasteiger partial charge on any atom is -0.399 e. The zero-order chi connectivity index (χ0) is 17.7. The van der Waals surface area contributed by atoms with Crippen molar-refractivity contribution in [3.63, 3.8) is 0 Å². The number of nitrogen functional groups attached to an aromatic ring is 1. The number of anilines is 2. The van der Waals surface area contributed by atoms with Crippen LogP contribution in [0.1, 0.15) is 38.3 Å². The Morgan fingerprint density at radius 3 is 2.44 bits per heavy atom. The van der Waals surface area contributed by atoms with Gasteiger partial charge < -0.3 is 11.1 Å². The van der Waals surface area contributed by atoms with Crippen molar-refractivity contribution in [2.75, 3.05) is 11.1 Å². The Balaban J connectivity index is 0.00000312. The lowest BCUT2D eigenvalue weighted by Crippen LogP contribution is -2.13. The predicted octanol–water partition coefficient (Wildman–Crippen LogP) is 5.46. The summed E-state index contributed by atoms with van der Waals surface area (Å²) in [4.78, 5) is 13.4. The van der Waals surface area contributed by atoms with Crippen molar-refractivity contribution in [1.29, 1.82) is 0 Å². The molecule has 0 fully saturated rings. The molecule has 2 rings (SSSR count). The first kappa shape index (κ1) is 21.4. The van der Waals surface area contributed by atoms with Gasteiger partial charge in [-0.1, -0.05) is 39.0 Å². The average molecular weight is 379 g/mol. The quantitative estimate of drug-likeness (QED) is 0.536. The normalized spacial score (nSPS) is 10.9. The van der Waals surface area contributed by atoms with E-state index in [9.17, 15) is 4.79 Å². The van der Waals surface area contributed by atoms with Crippen LogP contribution in [0.3, 0.4) is 0 Å². The highest BCUT2D eigenvalue weighted by molar-refractivity contribution is 8.00. The zero-order valence-electron chi connectivity index (χ0n) is 15.3. The molecule has 0 aliphatic rings. The second-order valence-corrected chi connectivity index (χ2v) is 8.84. The van der Waals surface area contributed by atoms with Crippen molar-refractivity contribution in [1.82, 2.24) is 0 Å². The summed E-state index contributed by atoms with van der Waals surface area (Å²) < 4.78 is 0.173. The van der Waals surface area contributed by atoms with Crippen molar-refractivity contribution < 1.29 is 4.79 Å². The maximum atomic E-state index is 12.2. The molecule has 0 aliphatic carbocycles. The Hall–Kier alpha value is -1.65. The third-order valence-electron chi connectivity index (χ3n) is 3.57. The van der Waals surface area contributed by atoms with Crippen molar-refractivity contribution in [3.8, 4) is 0 Å². The summed E-state index contributed by atoms with van der Waals surface area (Å²) in [6.07, 6.45) is 1.07. The summed E-state index contributed by atoms with van der Waals surface area (Å²) >= 11 is 1.83. The van der Waals surface area contributed by atoms with E-state index in [1.807, 2.05) is 49.0 Å². The Kier molecular flexibility index (Phi) is 7.84. The highest BCUT2D eigenvalue weighted by Crippen LogP contribution is 2.33. The highest BCUT2D eigenvalue weighted by Gasteiger charge is 2.13. The Morgan fingerprint density at radius 2 is 1.84 bits per heavy atom. The number of nitrogens with one attached hydrogen (secondary N) is 1. The van der Waals surface area contributed by atoms with Gasteiger partial charge in [-0.25, -0.2) is 0 Å². The Labute approximate surface area is 161 Å². The van der Waals surface area contributed by atoms with Gasteiger partial charge in [0.1, 0.15) is 0 Å². The van der Waals surface area contributed by atoms with E-state index in [0.717, 1.165) is 22.5 Å². The number of amides is 1. The van der Waals surface area contributed by atoms with Crippen molar-refractivity contribution >= 4 is 41.5 Å². The van der Waals surface area contributed by atoms with Gasteiger partial charge in [0.25, 0.3) is 0 Å². The fraction of sp³-hybridized carbons (Fsp3) is 0.350. The van der Waals surface area contributed by atoms with E-state index in [2.05, 4.69) is 38.2 Å². The van der Waals surface area contributed by atoms with E-state index in [1.54, 1.807) is 0 Å². The number of hydrogen-bond acceptors (Lipinski definition) is 3. The highest BCUT2D eigenvalue weighted by atomic mass is 35.5. The van der Waals surface area contributed by atoms with E-state index in [1.165, 1.54) is 4.90 Å². The monoisotopic (exact) mass is 378 g/mol. The third kappa shape index (κ3) is 7.00. The number of halogens is 1. The number of aryl methyl sites for hydroxylation is 2. The van der Waals surface area contributed by atoms with Crippen LogP contribution in [0.15, 0.2) is 47.4 Å². The minimum absolute atomic E-state index is 0. The summed E-state index contributed by atoms with van der Waals surface area (Å²) in [7, 11) is 0. The molecule has 0 aromatic heterocycles. The van der Waals surface area contributed by atoms with E-state index in [0.29, 0.717) is 12.8 Å². The Morgan fingerprint density at radius 1 is 1.16 bits per heavy atom. The largest absolute Gasteiger partial charge is 0.399 e. The molecule has 0 atom stereocenters. The maximum absolute atomic E-state index is 12.2. The molecule has 3 nitrogen and oxygen atoms in total. The lowest BCUT2D eigenvalue weighted by molar-refractivity contribution is -0.116. The summed E-state index contributed by atoms with van der Waals surface area (Å²) in [6.45, 7) is 8.60. The standard InChI is InChI=1S/C20H26N2OS.ClH/c1-14-13-16(24-20(2,3)4)10-11-18(14)22-19(23)12-9-15-7-5-6-8-17(15)21;/h5-8,10-11,13H,9,12,21H2,1-4H3,(H,22,23);1H. The van der Waals surface area contributed by atoms with E-state index in [-0.39, 0.29) is 23.1 Å². The SMILES string of the molecule is Cc1cc(SC(C)(C)C)ccc1NC(=O)CCc1ccccc1N.Cl. The van der Waals surface area contributed by atoms with E-state index < -0.39 is 0 Å². The molecule has 0 radical (unpaired) electrons. The molecule has 2 aromatic carbocycles. The molecule has 0 aliphatic heterocycles. The number of benzene rings is 2. The summed E-state index contributed by atoms with van der Waals surface area (Å²) in [6, 6.07) is 13.8. The van der Waals surface area contributed by atoms with Crippen molar-refractivity contribution in [2.24, 2.45) is 0 Å². The summed E-state index contributed by atoms with van der Waals surface area (Å²) in [5, 5.41) is 3.00. The van der Waals surface area contributed by atoms with Crippen LogP contribution >= 0.6 is 24.2 Å². The molecule has 2 aromatic rings. The van der Waals surface area contributed by atoms with Crippen LogP contribution in [0.5, 0.6) is 0 Å². The molecule has 0 saturated carbocycles. The van der Waals surface area contributed by atoms with Gasteiger partial charge in [0, 0.05) is 27.4 Å². The average Bonchev–Trinajstić information content (AvgIpc) is 2.48. The molecule has 5 heteroatoms. The number of carbonyl (C=O) groups excluding carboxylic acids is 1. The molecule has 25 heavy (non-hydrogen) atoms. The first-order valence-corrected chi connectivity index (χ1v) is 8.99. The second-order valence-electron chi connectivity index (χ2n) is 6.94. The predicted molar refractivity (Wildman–Crippen MR) is 112 cm³/mol.